The molecule has 0 bridgehead atoms. The summed E-state index contributed by atoms with van der Waals surface area (Å²) in [5.41, 5.74) is 0.318. The molecule has 0 radical (unpaired) electrons. The molecule has 1 heterocycles. The summed E-state index contributed by atoms with van der Waals surface area (Å²) in [4.78, 5) is 11.2. The monoisotopic (exact) mass is 269 g/mol. The van der Waals surface area contributed by atoms with Crippen molar-refractivity contribution in [1.82, 2.24) is 4.57 Å². The molecule has 18 heavy (non-hydrogen) atoms. The highest BCUT2D eigenvalue weighted by molar-refractivity contribution is 6.30. The largest absolute Gasteiger partial charge is 0.477 e. The smallest absolute Gasteiger partial charge is 0.352 e. The van der Waals surface area contributed by atoms with Gasteiger partial charge in [0.15, 0.2) is 0 Å². The van der Waals surface area contributed by atoms with Crippen molar-refractivity contribution in [1.29, 1.82) is 0 Å². The third-order valence-electron chi connectivity index (χ3n) is 3.94. The Morgan fingerprint density at radius 1 is 1.44 bits per heavy atom. The lowest BCUT2D eigenvalue weighted by atomic mass is 9.83. The van der Waals surface area contributed by atoms with Gasteiger partial charge >= 0.3 is 5.97 Å². The Kier molecular flexibility index (Phi) is 4.33. The third-order valence-corrected chi connectivity index (χ3v) is 4.15. The number of carbonyl (C=O) groups is 1. The fourth-order valence-electron chi connectivity index (χ4n) is 3.04. The second-order valence-corrected chi connectivity index (χ2v) is 5.66. The Morgan fingerprint density at radius 2 is 2.11 bits per heavy atom. The van der Waals surface area contributed by atoms with Gasteiger partial charge in [0.2, 0.25) is 0 Å². The van der Waals surface area contributed by atoms with Crippen LogP contribution in [0, 0.1) is 5.92 Å². The number of carboxylic acid groups (broad SMARTS) is 1. The zero-order valence-electron chi connectivity index (χ0n) is 10.7. The third kappa shape index (κ3) is 2.89. The maximum Gasteiger partial charge on any atom is 0.352 e. The van der Waals surface area contributed by atoms with E-state index >= 15 is 0 Å². The summed E-state index contributed by atoms with van der Waals surface area (Å²) < 4.78 is 1.85. The van der Waals surface area contributed by atoms with Crippen molar-refractivity contribution in [3.63, 3.8) is 0 Å². The van der Waals surface area contributed by atoms with E-state index in [1.807, 2.05) is 4.57 Å². The van der Waals surface area contributed by atoms with E-state index in [1.165, 1.54) is 25.7 Å². The van der Waals surface area contributed by atoms with Crippen molar-refractivity contribution in [2.24, 2.45) is 5.92 Å². The zero-order chi connectivity index (χ0) is 13.1. The Morgan fingerprint density at radius 3 is 2.67 bits per heavy atom. The molecule has 0 spiro atoms. The van der Waals surface area contributed by atoms with Crippen LogP contribution in [0.1, 0.15) is 62.0 Å². The van der Waals surface area contributed by atoms with E-state index in [1.54, 1.807) is 12.3 Å². The summed E-state index contributed by atoms with van der Waals surface area (Å²) in [5, 5.41) is 9.68. The molecule has 1 N–H and O–H groups in total. The fourth-order valence-corrected chi connectivity index (χ4v) is 3.25. The summed E-state index contributed by atoms with van der Waals surface area (Å²) in [5.74, 6) is -0.0665. The van der Waals surface area contributed by atoms with Crippen LogP contribution in [0.25, 0.3) is 0 Å². The van der Waals surface area contributed by atoms with Crippen LogP contribution in [0.3, 0.4) is 0 Å². The van der Waals surface area contributed by atoms with Gasteiger partial charge in [0.1, 0.15) is 5.69 Å². The quantitative estimate of drug-likeness (QED) is 0.882. The second kappa shape index (κ2) is 5.79. The standard InChI is InChI=1S/C14H20ClNO2/c1-2-3-10-4-6-12(7-5-10)16-9-11(15)8-13(16)14(17)18/h8-10,12H,2-7H2,1H3,(H,17,18). The molecule has 0 aromatic carbocycles. The molecule has 3 nitrogen and oxygen atoms in total. The minimum atomic E-state index is -0.891. The van der Waals surface area contributed by atoms with Gasteiger partial charge in [0, 0.05) is 12.2 Å². The van der Waals surface area contributed by atoms with Crippen molar-refractivity contribution in [3.8, 4) is 0 Å². The van der Waals surface area contributed by atoms with Crippen LogP contribution in [-0.4, -0.2) is 15.6 Å². The Hall–Kier alpha value is -0.960. The van der Waals surface area contributed by atoms with Crippen LogP contribution in [0.2, 0.25) is 5.02 Å². The molecule has 4 heteroatoms. The molecule has 0 atom stereocenters. The molecular weight excluding hydrogens is 250 g/mol. The van der Waals surface area contributed by atoms with Crippen LogP contribution < -0.4 is 0 Å². The number of nitrogens with zero attached hydrogens (tertiary/aromatic N) is 1. The average Bonchev–Trinajstić information content (AvgIpc) is 2.73. The number of carboxylic acids is 1. The van der Waals surface area contributed by atoms with Crippen molar-refractivity contribution in [2.45, 2.75) is 51.5 Å². The van der Waals surface area contributed by atoms with Gasteiger partial charge in [-0.05, 0) is 37.7 Å². The van der Waals surface area contributed by atoms with E-state index in [-0.39, 0.29) is 0 Å². The molecule has 0 unspecified atom stereocenters. The number of rotatable bonds is 4. The van der Waals surface area contributed by atoms with Crippen LogP contribution in [0.5, 0.6) is 0 Å². The predicted molar refractivity (Wildman–Crippen MR) is 72.3 cm³/mol. The number of aromatic nitrogens is 1. The van der Waals surface area contributed by atoms with E-state index in [4.69, 9.17) is 16.7 Å². The number of aromatic carboxylic acids is 1. The number of halogens is 1. The first-order chi connectivity index (χ1) is 8.61. The van der Waals surface area contributed by atoms with Crippen LogP contribution in [0.4, 0.5) is 0 Å². The summed E-state index contributed by atoms with van der Waals surface area (Å²) in [6.07, 6.45) is 8.83. The maximum absolute atomic E-state index is 11.2. The highest BCUT2D eigenvalue weighted by Gasteiger charge is 2.24. The van der Waals surface area contributed by atoms with Gasteiger partial charge in [-0.25, -0.2) is 4.79 Å². The van der Waals surface area contributed by atoms with E-state index in [0.717, 1.165) is 18.8 Å². The first-order valence-corrected chi connectivity index (χ1v) is 7.10. The van der Waals surface area contributed by atoms with Gasteiger partial charge in [-0.3, -0.25) is 0 Å². The fraction of sp³-hybridized carbons (Fsp3) is 0.643. The van der Waals surface area contributed by atoms with Crippen LogP contribution >= 0.6 is 11.6 Å². The van der Waals surface area contributed by atoms with E-state index < -0.39 is 5.97 Å². The molecular formula is C14H20ClNO2. The molecule has 1 aromatic rings. The van der Waals surface area contributed by atoms with Gasteiger partial charge in [0.05, 0.1) is 5.02 Å². The second-order valence-electron chi connectivity index (χ2n) is 5.22. The van der Waals surface area contributed by atoms with Gasteiger partial charge in [-0.2, -0.15) is 0 Å². The Bertz CT molecular complexity index is 419. The molecule has 1 aliphatic rings. The topological polar surface area (TPSA) is 42.2 Å². The molecule has 0 saturated heterocycles. The minimum Gasteiger partial charge on any atom is -0.477 e. The Labute approximate surface area is 113 Å². The van der Waals surface area contributed by atoms with Gasteiger partial charge in [0.25, 0.3) is 0 Å². The number of hydrogen-bond donors (Lipinski definition) is 1. The van der Waals surface area contributed by atoms with Crippen LogP contribution in [-0.2, 0) is 0 Å². The molecule has 1 saturated carbocycles. The van der Waals surface area contributed by atoms with E-state index in [9.17, 15) is 4.79 Å². The predicted octanol–water partition coefficient (Wildman–Crippen LogP) is 4.37. The minimum absolute atomic E-state index is 0.303. The van der Waals surface area contributed by atoms with E-state index in [0.29, 0.717) is 16.8 Å². The first-order valence-electron chi connectivity index (χ1n) is 6.72. The summed E-state index contributed by atoms with van der Waals surface area (Å²) >= 11 is 5.92. The summed E-state index contributed by atoms with van der Waals surface area (Å²) in [6.45, 7) is 2.22. The van der Waals surface area contributed by atoms with Gasteiger partial charge < -0.3 is 9.67 Å². The zero-order valence-corrected chi connectivity index (χ0v) is 11.5. The molecule has 100 valence electrons. The highest BCUT2D eigenvalue weighted by Crippen LogP contribution is 2.36. The summed E-state index contributed by atoms with van der Waals surface area (Å²) in [7, 11) is 0. The molecule has 1 fully saturated rings. The maximum atomic E-state index is 11.2. The summed E-state index contributed by atoms with van der Waals surface area (Å²) in [6, 6.07) is 1.85. The molecule has 1 aromatic heterocycles. The van der Waals surface area contributed by atoms with Gasteiger partial charge in [-0.15, -0.1) is 0 Å². The first kappa shape index (κ1) is 13.5. The molecule has 0 amide bonds. The highest BCUT2D eigenvalue weighted by atomic mass is 35.5. The van der Waals surface area contributed by atoms with Crippen molar-refractivity contribution >= 4 is 17.6 Å². The Balaban J connectivity index is 2.07. The normalized spacial score (nSPS) is 24.1. The lowest BCUT2D eigenvalue weighted by Gasteiger charge is -2.30. The van der Waals surface area contributed by atoms with Crippen LogP contribution in [0.15, 0.2) is 12.3 Å². The van der Waals surface area contributed by atoms with E-state index in [2.05, 4.69) is 6.92 Å². The lowest BCUT2D eigenvalue weighted by Crippen LogP contribution is -2.20. The van der Waals surface area contributed by atoms with Crippen molar-refractivity contribution < 1.29 is 9.90 Å². The molecule has 0 aliphatic heterocycles. The lowest BCUT2D eigenvalue weighted by molar-refractivity contribution is 0.0680. The number of hydrogen-bond acceptors (Lipinski definition) is 1. The van der Waals surface area contributed by atoms with Crippen molar-refractivity contribution in [3.05, 3.63) is 23.0 Å². The molecule has 2 rings (SSSR count). The SMILES string of the molecule is CCCC1CCC(n2cc(Cl)cc2C(=O)O)CC1. The van der Waals surface area contributed by atoms with Crippen molar-refractivity contribution in [2.75, 3.05) is 0 Å². The van der Waals surface area contributed by atoms with Gasteiger partial charge in [-0.1, -0.05) is 31.4 Å². The molecule has 1 aliphatic carbocycles. The average molecular weight is 270 g/mol.